The van der Waals surface area contributed by atoms with Crippen LogP contribution in [0.5, 0.6) is 0 Å². The van der Waals surface area contributed by atoms with E-state index < -0.39 is 0 Å². The minimum absolute atomic E-state index is 0.0197. The Labute approximate surface area is 74.5 Å². The zero-order chi connectivity index (χ0) is 9.56. The lowest BCUT2D eigenvalue weighted by atomic mass is 9.85. The van der Waals surface area contributed by atoms with Crippen LogP contribution in [0.1, 0.15) is 39.5 Å². The number of nitrogens with two attached hydrogens (primary N) is 2. The third-order valence-electron chi connectivity index (χ3n) is 2.18. The smallest absolute Gasteiger partial charge is 0.222 e. The van der Waals surface area contributed by atoms with E-state index in [9.17, 15) is 4.79 Å². The van der Waals surface area contributed by atoms with Crippen molar-refractivity contribution in [1.82, 2.24) is 0 Å². The maximum atomic E-state index is 10.7. The first-order valence-corrected chi connectivity index (χ1v) is 4.76. The Kier molecular flexibility index (Phi) is 5.72. The van der Waals surface area contributed by atoms with Crippen LogP contribution >= 0.6 is 0 Å². The average molecular weight is 172 g/mol. The highest BCUT2D eigenvalue weighted by molar-refractivity contribution is 5.77. The van der Waals surface area contributed by atoms with Gasteiger partial charge in [-0.1, -0.05) is 26.7 Å². The van der Waals surface area contributed by atoms with E-state index in [1.165, 1.54) is 0 Å². The van der Waals surface area contributed by atoms with E-state index in [4.69, 9.17) is 11.5 Å². The third-order valence-corrected chi connectivity index (χ3v) is 2.18. The summed E-state index contributed by atoms with van der Waals surface area (Å²) in [5.74, 6) is -0.291. The van der Waals surface area contributed by atoms with E-state index in [-0.39, 0.29) is 17.9 Å². The van der Waals surface area contributed by atoms with Gasteiger partial charge in [-0.2, -0.15) is 0 Å². The molecule has 4 N–H and O–H groups in total. The Morgan fingerprint density at radius 2 is 1.75 bits per heavy atom. The van der Waals surface area contributed by atoms with Crippen molar-refractivity contribution in [2.75, 3.05) is 0 Å². The molecule has 0 heterocycles. The third kappa shape index (κ3) is 3.22. The Hall–Kier alpha value is -0.570. The SMILES string of the molecule is CC.NC(=O)C1CCCCC1N. The van der Waals surface area contributed by atoms with Crippen molar-refractivity contribution >= 4 is 5.91 Å². The quantitative estimate of drug-likeness (QED) is 0.620. The molecule has 1 aliphatic rings. The Morgan fingerprint density at radius 1 is 1.25 bits per heavy atom. The van der Waals surface area contributed by atoms with Crippen LogP contribution in [0.2, 0.25) is 0 Å². The molecular weight excluding hydrogens is 152 g/mol. The average Bonchev–Trinajstić information content (AvgIpc) is 2.08. The number of carbonyl (C=O) groups excluding carboxylic acids is 1. The van der Waals surface area contributed by atoms with Crippen LogP contribution in [0.3, 0.4) is 0 Å². The second kappa shape index (κ2) is 6.00. The first kappa shape index (κ1) is 11.4. The van der Waals surface area contributed by atoms with Gasteiger partial charge in [-0.3, -0.25) is 4.79 Å². The molecule has 1 rings (SSSR count). The molecule has 1 amide bonds. The van der Waals surface area contributed by atoms with Gasteiger partial charge >= 0.3 is 0 Å². The molecule has 0 saturated heterocycles. The molecule has 0 spiro atoms. The molecule has 2 atom stereocenters. The summed E-state index contributed by atoms with van der Waals surface area (Å²) in [4.78, 5) is 10.7. The molecule has 0 bridgehead atoms. The van der Waals surface area contributed by atoms with Crippen LogP contribution in [0.4, 0.5) is 0 Å². The molecule has 0 aromatic rings. The van der Waals surface area contributed by atoms with Gasteiger partial charge in [0.05, 0.1) is 5.92 Å². The van der Waals surface area contributed by atoms with Gasteiger partial charge in [0.15, 0.2) is 0 Å². The maximum Gasteiger partial charge on any atom is 0.222 e. The lowest BCUT2D eigenvalue weighted by molar-refractivity contribution is -0.123. The molecule has 3 nitrogen and oxygen atoms in total. The Morgan fingerprint density at radius 3 is 2.08 bits per heavy atom. The van der Waals surface area contributed by atoms with Crippen molar-refractivity contribution in [3.05, 3.63) is 0 Å². The highest BCUT2D eigenvalue weighted by atomic mass is 16.1. The van der Waals surface area contributed by atoms with Crippen LogP contribution in [0, 0.1) is 5.92 Å². The van der Waals surface area contributed by atoms with Gasteiger partial charge < -0.3 is 11.5 Å². The molecule has 0 aromatic carbocycles. The molecule has 0 aromatic heterocycles. The molecule has 0 radical (unpaired) electrons. The van der Waals surface area contributed by atoms with Gasteiger partial charge in [0.2, 0.25) is 5.91 Å². The topological polar surface area (TPSA) is 69.1 Å². The Balaban J connectivity index is 0.000000561. The first-order chi connectivity index (χ1) is 5.72. The fourth-order valence-electron chi connectivity index (χ4n) is 1.51. The first-order valence-electron chi connectivity index (χ1n) is 4.76. The zero-order valence-electron chi connectivity index (χ0n) is 8.05. The summed E-state index contributed by atoms with van der Waals surface area (Å²) < 4.78 is 0. The fourth-order valence-corrected chi connectivity index (χ4v) is 1.51. The number of hydrogen-bond acceptors (Lipinski definition) is 2. The second-order valence-corrected chi connectivity index (χ2v) is 2.96. The molecule has 0 aliphatic heterocycles. The van der Waals surface area contributed by atoms with Crippen molar-refractivity contribution in [3.63, 3.8) is 0 Å². The van der Waals surface area contributed by atoms with Gasteiger partial charge in [0.1, 0.15) is 0 Å². The van der Waals surface area contributed by atoms with Crippen molar-refractivity contribution < 1.29 is 4.79 Å². The van der Waals surface area contributed by atoms with Gasteiger partial charge in [0, 0.05) is 6.04 Å². The summed E-state index contributed by atoms with van der Waals surface area (Å²) >= 11 is 0. The molecule has 3 heteroatoms. The summed E-state index contributed by atoms with van der Waals surface area (Å²) in [5, 5.41) is 0. The molecule has 72 valence electrons. The monoisotopic (exact) mass is 172 g/mol. The largest absolute Gasteiger partial charge is 0.369 e. The molecule has 2 unspecified atom stereocenters. The standard InChI is InChI=1S/C7H14N2O.C2H6/c8-6-4-2-1-3-5(6)7(9)10;1-2/h5-6H,1-4,8H2,(H2,9,10);1-2H3. The predicted molar refractivity (Wildman–Crippen MR) is 50.5 cm³/mol. The van der Waals surface area contributed by atoms with E-state index in [1.807, 2.05) is 13.8 Å². The van der Waals surface area contributed by atoms with E-state index in [0.29, 0.717) is 0 Å². The minimum Gasteiger partial charge on any atom is -0.369 e. The van der Waals surface area contributed by atoms with Crippen molar-refractivity contribution in [2.24, 2.45) is 17.4 Å². The molecule has 1 aliphatic carbocycles. The van der Waals surface area contributed by atoms with Crippen molar-refractivity contribution in [3.8, 4) is 0 Å². The van der Waals surface area contributed by atoms with Crippen LogP contribution < -0.4 is 11.5 Å². The zero-order valence-corrected chi connectivity index (χ0v) is 8.05. The van der Waals surface area contributed by atoms with Gasteiger partial charge in [-0.25, -0.2) is 0 Å². The van der Waals surface area contributed by atoms with Crippen molar-refractivity contribution in [1.29, 1.82) is 0 Å². The van der Waals surface area contributed by atoms with E-state index in [1.54, 1.807) is 0 Å². The van der Waals surface area contributed by atoms with Crippen LogP contribution in [0.15, 0.2) is 0 Å². The molecule has 1 fully saturated rings. The van der Waals surface area contributed by atoms with Gasteiger partial charge in [0.25, 0.3) is 0 Å². The minimum atomic E-state index is -0.229. The van der Waals surface area contributed by atoms with Crippen LogP contribution in [0.25, 0.3) is 0 Å². The fraction of sp³-hybridized carbons (Fsp3) is 0.889. The highest BCUT2D eigenvalue weighted by Gasteiger charge is 2.25. The normalized spacial score (nSPS) is 28.6. The van der Waals surface area contributed by atoms with Gasteiger partial charge in [-0.15, -0.1) is 0 Å². The summed E-state index contributed by atoms with van der Waals surface area (Å²) in [6.07, 6.45) is 4.08. The number of amides is 1. The van der Waals surface area contributed by atoms with Crippen LogP contribution in [-0.2, 0) is 4.79 Å². The lowest BCUT2D eigenvalue weighted by Gasteiger charge is -2.25. The molecular formula is C9H20N2O. The van der Waals surface area contributed by atoms with E-state index >= 15 is 0 Å². The summed E-state index contributed by atoms with van der Waals surface area (Å²) in [6, 6.07) is 0.0197. The van der Waals surface area contributed by atoms with Gasteiger partial charge in [-0.05, 0) is 12.8 Å². The highest BCUT2D eigenvalue weighted by Crippen LogP contribution is 2.22. The predicted octanol–water partition coefficient (Wildman–Crippen LogP) is 1.02. The maximum absolute atomic E-state index is 10.7. The number of rotatable bonds is 1. The Bertz CT molecular complexity index is 136. The number of primary amides is 1. The van der Waals surface area contributed by atoms with Crippen molar-refractivity contribution in [2.45, 2.75) is 45.6 Å². The number of hydrogen-bond donors (Lipinski definition) is 2. The second-order valence-electron chi connectivity index (χ2n) is 2.96. The van der Waals surface area contributed by atoms with E-state index in [0.717, 1.165) is 25.7 Å². The summed E-state index contributed by atoms with van der Waals surface area (Å²) in [6.45, 7) is 4.00. The summed E-state index contributed by atoms with van der Waals surface area (Å²) in [5.41, 5.74) is 10.8. The molecule has 1 saturated carbocycles. The van der Waals surface area contributed by atoms with E-state index in [2.05, 4.69) is 0 Å². The lowest BCUT2D eigenvalue weighted by Crippen LogP contribution is -2.41. The number of carbonyl (C=O) groups is 1. The summed E-state index contributed by atoms with van der Waals surface area (Å²) in [7, 11) is 0. The van der Waals surface area contributed by atoms with Crippen LogP contribution in [-0.4, -0.2) is 11.9 Å². The molecule has 12 heavy (non-hydrogen) atoms.